The second-order valence-corrected chi connectivity index (χ2v) is 19.0. The molecule has 2 N–H and O–H groups in total. The van der Waals surface area contributed by atoms with Gasteiger partial charge in [0.1, 0.15) is 0 Å². The summed E-state index contributed by atoms with van der Waals surface area (Å²) in [7, 11) is -2.34. The molecule has 0 radical (unpaired) electrons. The van der Waals surface area contributed by atoms with Gasteiger partial charge >= 0.3 is 181 Å². The molecule has 0 amide bonds. The molecule has 3 fully saturated rings. The van der Waals surface area contributed by atoms with E-state index < -0.39 is 30.3 Å². The Hall–Kier alpha value is 0.940. The fourth-order valence-corrected chi connectivity index (χ4v) is 22.6. The number of rotatable bonds is 8. The second kappa shape index (κ2) is 11.0. The van der Waals surface area contributed by atoms with E-state index >= 15 is 0 Å². The van der Waals surface area contributed by atoms with Crippen molar-refractivity contribution in [3.05, 3.63) is 0 Å². The molecule has 0 aliphatic heterocycles. The van der Waals surface area contributed by atoms with E-state index in [-0.39, 0.29) is 6.10 Å². The molecule has 4 nitrogen and oxygen atoms in total. The Balaban J connectivity index is 1.94. The molecule has 0 aromatic heterocycles. The third kappa shape index (κ3) is 5.79. The monoisotopic (exact) mass is 490 g/mol. The van der Waals surface area contributed by atoms with Crippen molar-refractivity contribution in [1.29, 1.82) is 0 Å². The number of hydrogen-bond donors (Lipinski definition) is 2. The van der Waals surface area contributed by atoms with E-state index in [9.17, 15) is 6.37 Å². The SMILES string of the molecule is CCC(C)[O][Zr]([OH])([OH])[O][Si](C1CCCCC1)(C1CCCCC1)C1CCCCC1. The standard InChI is InChI=1S/C18H33OSi.C4H9O.2H2O.Zr/c19-20(16-10-4-1-5-11-16,17-12-6-2-7-13-17)18-14-8-3-9-15-18;1-3-4(2)5;;;/h16-18H,1-15H2;4H,3H2,1-2H3;2*1H2;/q2*-1;;;+4/p-2. The maximum atomic E-state index is 11.1. The summed E-state index contributed by atoms with van der Waals surface area (Å²) in [6.07, 6.45) is 20.0. The van der Waals surface area contributed by atoms with E-state index in [1.165, 1.54) is 96.3 Å². The van der Waals surface area contributed by atoms with Gasteiger partial charge in [-0.3, -0.25) is 0 Å². The summed E-state index contributed by atoms with van der Waals surface area (Å²) in [5.74, 6) is 0. The Morgan fingerprint density at radius 2 is 1.11 bits per heavy atom. The Morgan fingerprint density at radius 1 is 0.750 bits per heavy atom. The van der Waals surface area contributed by atoms with E-state index in [4.69, 9.17) is 5.32 Å². The van der Waals surface area contributed by atoms with Gasteiger partial charge in [-0.15, -0.1) is 0 Å². The molecule has 3 aliphatic carbocycles. The zero-order valence-corrected chi connectivity index (χ0v) is 21.8. The Kier molecular flexibility index (Phi) is 9.27. The van der Waals surface area contributed by atoms with Crippen molar-refractivity contribution >= 4 is 8.32 Å². The average Bonchev–Trinajstić information content (AvgIpc) is 2.73. The Morgan fingerprint density at radius 3 is 1.43 bits per heavy atom. The van der Waals surface area contributed by atoms with Crippen LogP contribution in [0.25, 0.3) is 0 Å². The van der Waals surface area contributed by atoms with Crippen molar-refractivity contribution < 1.29 is 33.7 Å². The van der Waals surface area contributed by atoms with Crippen molar-refractivity contribution in [2.24, 2.45) is 0 Å². The molecule has 3 saturated carbocycles. The molecule has 0 saturated heterocycles. The predicted octanol–water partition coefficient (Wildman–Crippen LogP) is 6.57. The van der Waals surface area contributed by atoms with Crippen LogP contribution in [-0.2, 0) is 27.3 Å². The van der Waals surface area contributed by atoms with Crippen LogP contribution in [0.2, 0.25) is 16.6 Å². The van der Waals surface area contributed by atoms with Gasteiger partial charge in [-0.25, -0.2) is 0 Å². The van der Waals surface area contributed by atoms with Crippen molar-refractivity contribution in [3.63, 3.8) is 0 Å². The van der Waals surface area contributed by atoms with E-state index in [0.29, 0.717) is 16.6 Å². The first-order chi connectivity index (χ1) is 13.5. The first-order valence-electron chi connectivity index (χ1n) is 12.3. The van der Waals surface area contributed by atoms with Gasteiger partial charge in [0.15, 0.2) is 0 Å². The summed E-state index contributed by atoms with van der Waals surface area (Å²) < 4.78 is 34.9. The zero-order valence-electron chi connectivity index (χ0n) is 18.3. The van der Waals surface area contributed by atoms with Crippen LogP contribution in [0.5, 0.6) is 0 Å². The van der Waals surface area contributed by atoms with Gasteiger partial charge in [0.2, 0.25) is 0 Å². The molecule has 0 aromatic rings. The molecule has 0 aromatic carbocycles. The van der Waals surface area contributed by atoms with Gasteiger partial charge in [0, 0.05) is 0 Å². The Bertz CT molecular complexity index is 412. The van der Waals surface area contributed by atoms with E-state index in [1.54, 1.807) is 0 Å². The summed E-state index contributed by atoms with van der Waals surface area (Å²) in [5.41, 5.74) is 1.84. The van der Waals surface area contributed by atoms with Gasteiger partial charge < -0.3 is 0 Å². The van der Waals surface area contributed by atoms with Crippen LogP contribution in [0.15, 0.2) is 0 Å². The summed E-state index contributed by atoms with van der Waals surface area (Å²) in [4.78, 5) is 0. The van der Waals surface area contributed by atoms with Crippen LogP contribution < -0.4 is 0 Å². The van der Waals surface area contributed by atoms with Crippen LogP contribution >= 0.6 is 0 Å². The molecule has 6 heteroatoms. The van der Waals surface area contributed by atoms with Crippen molar-refractivity contribution in [2.45, 2.75) is 139 Å². The van der Waals surface area contributed by atoms with Gasteiger partial charge in [-0.2, -0.15) is 0 Å². The van der Waals surface area contributed by atoms with Crippen LogP contribution in [0.3, 0.4) is 0 Å². The first-order valence-corrected chi connectivity index (χ1v) is 18.6. The molecule has 28 heavy (non-hydrogen) atoms. The van der Waals surface area contributed by atoms with Crippen LogP contribution in [0.4, 0.5) is 0 Å². The molecule has 164 valence electrons. The van der Waals surface area contributed by atoms with Crippen LogP contribution in [0, 0.1) is 0 Å². The molecule has 1 unspecified atom stereocenters. The average molecular weight is 492 g/mol. The van der Waals surface area contributed by atoms with Gasteiger partial charge in [-0.1, -0.05) is 0 Å². The first kappa shape index (κ1) is 23.6. The molecule has 1 atom stereocenters. The van der Waals surface area contributed by atoms with Crippen molar-refractivity contribution in [3.8, 4) is 0 Å². The van der Waals surface area contributed by atoms with Gasteiger partial charge in [0.25, 0.3) is 0 Å². The summed E-state index contributed by atoms with van der Waals surface area (Å²) in [5, 5.41) is 0. The molecule has 3 aliphatic rings. The Labute approximate surface area is 180 Å². The fourth-order valence-electron chi connectivity index (χ4n) is 6.51. The van der Waals surface area contributed by atoms with Crippen molar-refractivity contribution in [1.82, 2.24) is 0 Å². The van der Waals surface area contributed by atoms with Crippen LogP contribution in [-0.4, -0.2) is 20.8 Å². The molecular formula is C22H44O4SiZr. The predicted molar refractivity (Wildman–Crippen MR) is 113 cm³/mol. The number of hydrogen-bond acceptors (Lipinski definition) is 4. The molecule has 3 rings (SSSR count). The van der Waals surface area contributed by atoms with E-state index in [0.717, 1.165) is 6.42 Å². The second-order valence-electron chi connectivity index (χ2n) is 9.85. The topological polar surface area (TPSA) is 58.9 Å². The molecular weight excluding hydrogens is 448 g/mol. The minimum absolute atomic E-state index is 0.124. The van der Waals surface area contributed by atoms with Crippen LogP contribution in [0.1, 0.15) is 117 Å². The summed E-state index contributed by atoms with van der Waals surface area (Å²) in [6.45, 7) is 3.99. The van der Waals surface area contributed by atoms with E-state index in [2.05, 4.69) is 0 Å². The fraction of sp³-hybridized carbons (Fsp3) is 1.00. The third-order valence-corrected chi connectivity index (χ3v) is 20.5. The van der Waals surface area contributed by atoms with Crippen molar-refractivity contribution in [2.75, 3.05) is 0 Å². The normalized spacial score (nSPS) is 25.7. The third-order valence-electron chi connectivity index (χ3n) is 7.97. The minimum atomic E-state index is -4.98. The summed E-state index contributed by atoms with van der Waals surface area (Å²) in [6, 6.07) is 0. The maximum absolute atomic E-state index is 11.1. The molecule has 0 spiro atoms. The quantitative estimate of drug-likeness (QED) is 0.377. The summed E-state index contributed by atoms with van der Waals surface area (Å²) >= 11 is -4.98. The zero-order chi connectivity index (χ0) is 20.0. The van der Waals surface area contributed by atoms with Gasteiger partial charge in [-0.05, 0) is 0 Å². The van der Waals surface area contributed by atoms with Gasteiger partial charge in [0.05, 0.1) is 0 Å². The molecule has 0 heterocycles. The molecule has 0 bridgehead atoms. The van der Waals surface area contributed by atoms with E-state index in [1.807, 2.05) is 13.8 Å².